The quantitative estimate of drug-likeness (QED) is 0.755. The molecule has 0 aliphatic carbocycles. The van der Waals surface area contributed by atoms with Crippen molar-refractivity contribution in [1.82, 2.24) is 4.90 Å². The fourth-order valence-electron chi connectivity index (χ4n) is 2.77. The van der Waals surface area contributed by atoms with Gasteiger partial charge >= 0.3 is 0 Å². The molecule has 3 rings (SSSR count). The minimum Gasteiger partial charge on any atom is -0.390 e. The Hall–Kier alpha value is -2.95. The lowest BCUT2D eigenvalue weighted by Gasteiger charge is -2.23. The van der Waals surface area contributed by atoms with Gasteiger partial charge in [-0.15, -0.1) is 6.58 Å². The van der Waals surface area contributed by atoms with Crippen molar-refractivity contribution in [2.75, 3.05) is 13.1 Å². The molecule has 25 heavy (non-hydrogen) atoms. The first-order valence-electron chi connectivity index (χ1n) is 8.12. The molecule has 1 aliphatic heterocycles. The summed E-state index contributed by atoms with van der Waals surface area (Å²) in [6.45, 7) is 4.31. The van der Waals surface area contributed by atoms with Crippen LogP contribution in [0.15, 0.2) is 72.4 Å². The Bertz CT molecular complexity index is 789. The van der Waals surface area contributed by atoms with Crippen LogP contribution in [0.4, 0.5) is 4.39 Å². The molecule has 5 heteroatoms. The van der Waals surface area contributed by atoms with Crippen molar-refractivity contribution in [3.8, 4) is 0 Å². The van der Waals surface area contributed by atoms with Crippen molar-refractivity contribution in [2.24, 2.45) is 5.16 Å². The molecule has 0 N–H and O–H groups in total. The van der Waals surface area contributed by atoms with E-state index >= 15 is 0 Å². The lowest BCUT2D eigenvalue weighted by atomic mass is 10.0. The van der Waals surface area contributed by atoms with Crippen LogP contribution in [-0.2, 0) is 4.84 Å². The summed E-state index contributed by atoms with van der Waals surface area (Å²) >= 11 is 0. The fraction of sp³-hybridized carbons (Fsp3) is 0.200. The summed E-state index contributed by atoms with van der Waals surface area (Å²) in [7, 11) is 0. The molecule has 0 spiro atoms. The van der Waals surface area contributed by atoms with Crippen molar-refractivity contribution in [1.29, 1.82) is 0 Å². The molecule has 128 valence electrons. The van der Waals surface area contributed by atoms with Crippen molar-refractivity contribution in [2.45, 2.75) is 12.5 Å². The minimum atomic E-state index is -0.532. The van der Waals surface area contributed by atoms with E-state index in [4.69, 9.17) is 4.84 Å². The highest BCUT2D eigenvalue weighted by Gasteiger charge is 2.27. The highest BCUT2D eigenvalue weighted by Crippen LogP contribution is 2.19. The van der Waals surface area contributed by atoms with Gasteiger partial charge in [0.15, 0.2) is 6.10 Å². The first-order valence-corrected chi connectivity index (χ1v) is 8.12. The summed E-state index contributed by atoms with van der Waals surface area (Å²) in [4.78, 5) is 19.6. The van der Waals surface area contributed by atoms with E-state index in [0.29, 0.717) is 19.5 Å². The van der Waals surface area contributed by atoms with Gasteiger partial charge < -0.3 is 9.74 Å². The third kappa shape index (κ3) is 3.94. The number of oxime groups is 1. The molecule has 0 saturated heterocycles. The van der Waals surface area contributed by atoms with Crippen molar-refractivity contribution >= 4 is 11.6 Å². The van der Waals surface area contributed by atoms with Crippen LogP contribution in [0.2, 0.25) is 0 Å². The van der Waals surface area contributed by atoms with E-state index in [9.17, 15) is 9.18 Å². The van der Waals surface area contributed by atoms with Gasteiger partial charge in [0, 0.05) is 13.0 Å². The van der Waals surface area contributed by atoms with Gasteiger partial charge in [0.25, 0.3) is 5.91 Å². The molecule has 1 heterocycles. The van der Waals surface area contributed by atoms with Crippen LogP contribution in [0.3, 0.4) is 0 Å². The zero-order valence-electron chi connectivity index (χ0n) is 13.8. The molecule has 2 aromatic carbocycles. The van der Waals surface area contributed by atoms with E-state index in [2.05, 4.69) is 11.7 Å². The van der Waals surface area contributed by atoms with E-state index in [1.165, 1.54) is 17.0 Å². The summed E-state index contributed by atoms with van der Waals surface area (Å²) in [5.74, 6) is -0.912. The average Bonchev–Trinajstić information content (AvgIpc) is 3.11. The maximum absolute atomic E-state index is 13.9. The maximum atomic E-state index is 13.9. The van der Waals surface area contributed by atoms with Crippen molar-refractivity contribution in [3.63, 3.8) is 0 Å². The molecule has 4 nitrogen and oxygen atoms in total. The first-order chi connectivity index (χ1) is 12.2. The number of hydrogen-bond donors (Lipinski definition) is 0. The molecule has 1 atom stereocenters. The number of amides is 1. The number of hydrogen-bond acceptors (Lipinski definition) is 3. The highest BCUT2D eigenvalue weighted by atomic mass is 19.1. The summed E-state index contributed by atoms with van der Waals surface area (Å²) in [5.41, 5.74) is 1.90. The molecule has 0 bridgehead atoms. The zero-order chi connectivity index (χ0) is 17.6. The lowest BCUT2D eigenvalue weighted by Crippen LogP contribution is -2.38. The number of rotatable bonds is 6. The van der Waals surface area contributed by atoms with Crippen LogP contribution in [-0.4, -0.2) is 35.7 Å². The van der Waals surface area contributed by atoms with E-state index in [0.717, 1.165) is 11.3 Å². The van der Waals surface area contributed by atoms with Crippen LogP contribution in [0, 0.1) is 5.82 Å². The van der Waals surface area contributed by atoms with E-state index in [-0.39, 0.29) is 17.6 Å². The number of carbonyl (C=O) groups is 1. The molecule has 0 radical (unpaired) electrons. The molecule has 0 unspecified atom stereocenters. The van der Waals surface area contributed by atoms with Gasteiger partial charge in [-0.3, -0.25) is 4.79 Å². The second-order valence-corrected chi connectivity index (χ2v) is 5.81. The summed E-state index contributed by atoms with van der Waals surface area (Å²) in [5, 5.41) is 4.13. The van der Waals surface area contributed by atoms with E-state index in [1.54, 1.807) is 18.2 Å². The van der Waals surface area contributed by atoms with Crippen LogP contribution in [0.25, 0.3) is 0 Å². The number of halogens is 1. The SMILES string of the molecule is C=CCN(C[C@H]1CC(c2ccccc2)=NO1)C(=O)c1ccccc1F. The topological polar surface area (TPSA) is 41.9 Å². The Morgan fingerprint density at radius 2 is 1.96 bits per heavy atom. The maximum Gasteiger partial charge on any atom is 0.257 e. The Kier molecular flexibility index (Phi) is 5.23. The number of carbonyl (C=O) groups excluding carboxylic acids is 1. The number of benzene rings is 2. The predicted octanol–water partition coefficient (Wildman–Crippen LogP) is 3.65. The normalized spacial score (nSPS) is 16.0. The largest absolute Gasteiger partial charge is 0.390 e. The van der Waals surface area contributed by atoms with Gasteiger partial charge in [-0.2, -0.15) is 0 Å². The van der Waals surface area contributed by atoms with Gasteiger partial charge in [-0.05, 0) is 17.7 Å². The Labute approximate surface area is 146 Å². The first kappa shape index (κ1) is 16.9. The lowest BCUT2D eigenvalue weighted by molar-refractivity contribution is 0.0447. The monoisotopic (exact) mass is 338 g/mol. The van der Waals surface area contributed by atoms with Crippen molar-refractivity contribution < 1.29 is 14.0 Å². The van der Waals surface area contributed by atoms with E-state index in [1.807, 2.05) is 30.3 Å². The Morgan fingerprint density at radius 1 is 1.24 bits per heavy atom. The summed E-state index contributed by atoms with van der Waals surface area (Å²) in [6.07, 6.45) is 1.96. The van der Waals surface area contributed by atoms with Gasteiger partial charge in [-0.1, -0.05) is 53.7 Å². The zero-order valence-corrected chi connectivity index (χ0v) is 13.8. The molecule has 0 fully saturated rings. The molecular formula is C20H19FN2O2. The van der Waals surface area contributed by atoms with Gasteiger partial charge in [0.1, 0.15) is 5.82 Å². The molecule has 0 saturated carbocycles. The van der Waals surface area contributed by atoms with E-state index < -0.39 is 5.82 Å². The van der Waals surface area contributed by atoms with Gasteiger partial charge in [0.05, 0.1) is 17.8 Å². The summed E-state index contributed by atoms with van der Waals surface area (Å²) in [6, 6.07) is 15.7. The second kappa shape index (κ2) is 7.75. The Balaban J connectivity index is 1.68. The van der Waals surface area contributed by atoms with Crippen LogP contribution < -0.4 is 0 Å². The van der Waals surface area contributed by atoms with Crippen LogP contribution >= 0.6 is 0 Å². The van der Waals surface area contributed by atoms with Gasteiger partial charge in [0.2, 0.25) is 0 Å². The third-order valence-electron chi connectivity index (χ3n) is 4.00. The average molecular weight is 338 g/mol. The molecule has 0 aromatic heterocycles. The second-order valence-electron chi connectivity index (χ2n) is 5.81. The predicted molar refractivity (Wildman–Crippen MR) is 95.0 cm³/mol. The minimum absolute atomic E-state index is 0.0477. The van der Waals surface area contributed by atoms with Crippen LogP contribution in [0.1, 0.15) is 22.3 Å². The summed E-state index contributed by atoms with van der Waals surface area (Å²) < 4.78 is 13.9. The third-order valence-corrected chi connectivity index (χ3v) is 4.00. The molecule has 1 aliphatic rings. The molecular weight excluding hydrogens is 319 g/mol. The smallest absolute Gasteiger partial charge is 0.257 e. The van der Waals surface area contributed by atoms with Gasteiger partial charge in [-0.25, -0.2) is 4.39 Å². The molecule has 2 aromatic rings. The Morgan fingerprint density at radius 3 is 2.68 bits per heavy atom. The molecule has 1 amide bonds. The van der Waals surface area contributed by atoms with Crippen LogP contribution in [0.5, 0.6) is 0 Å². The highest BCUT2D eigenvalue weighted by molar-refractivity contribution is 6.01. The fourth-order valence-corrected chi connectivity index (χ4v) is 2.77. The standard InChI is InChI=1S/C20H19FN2O2/c1-2-12-23(20(24)17-10-6-7-11-18(17)21)14-16-13-19(22-25-16)15-8-4-3-5-9-15/h2-11,16H,1,12-14H2/t16-/m1/s1. The number of nitrogens with zero attached hydrogens (tertiary/aromatic N) is 2. The van der Waals surface area contributed by atoms with Crippen molar-refractivity contribution in [3.05, 3.63) is 84.2 Å².